The van der Waals surface area contributed by atoms with Gasteiger partial charge in [-0.05, 0) is 86.4 Å². The maximum atomic E-state index is 15.1. The number of nitrogens with one attached hydrogen (secondary N) is 1. The average molecular weight is 791 g/mol. The van der Waals surface area contributed by atoms with Crippen molar-refractivity contribution >= 4 is 58.1 Å². The normalized spacial score (nSPS) is 18.3. The number of nitrogen functional groups attached to an aromatic ring is 1. The van der Waals surface area contributed by atoms with Gasteiger partial charge in [-0.15, -0.1) is 11.8 Å². The number of para-hydroxylation sites is 1. The van der Waals surface area contributed by atoms with Gasteiger partial charge >= 0.3 is 0 Å². The molecule has 3 aliphatic rings. The molecular formula is C41H39FN8O6S. The molecule has 2 aromatic heterocycles. The molecule has 0 bridgehead atoms. The van der Waals surface area contributed by atoms with E-state index >= 15 is 4.39 Å². The quantitative estimate of drug-likeness (QED) is 0.0869. The molecule has 5 amide bonds. The number of nitrogens with two attached hydrogens (primary N) is 1. The van der Waals surface area contributed by atoms with E-state index in [1.807, 2.05) is 64.2 Å². The number of carbonyl (C=O) groups is 5. The highest BCUT2D eigenvalue weighted by Crippen LogP contribution is 2.36. The van der Waals surface area contributed by atoms with E-state index in [4.69, 9.17) is 15.6 Å². The third-order valence-corrected chi connectivity index (χ3v) is 11.6. The Morgan fingerprint density at radius 1 is 0.947 bits per heavy atom. The van der Waals surface area contributed by atoms with Crippen LogP contribution in [-0.4, -0.2) is 84.0 Å². The van der Waals surface area contributed by atoms with Crippen LogP contribution in [0.2, 0.25) is 0 Å². The lowest BCUT2D eigenvalue weighted by molar-refractivity contribution is -0.136. The first kappa shape index (κ1) is 37.7. The van der Waals surface area contributed by atoms with Crippen LogP contribution in [0, 0.1) is 5.82 Å². The van der Waals surface area contributed by atoms with Crippen molar-refractivity contribution in [2.24, 2.45) is 0 Å². The van der Waals surface area contributed by atoms with E-state index in [-0.39, 0.29) is 35.9 Å². The lowest BCUT2D eigenvalue weighted by Crippen LogP contribution is -2.54. The van der Waals surface area contributed by atoms with Gasteiger partial charge in [0.05, 0.1) is 22.6 Å². The van der Waals surface area contributed by atoms with Crippen LogP contribution in [0.5, 0.6) is 11.5 Å². The van der Waals surface area contributed by atoms with Gasteiger partial charge in [-0.2, -0.15) is 5.10 Å². The molecule has 3 aromatic carbocycles. The number of likely N-dealkylation sites (tertiary alicyclic amines) is 1. The summed E-state index contributed by atoms with van der Waals surface area (Å²) >= 11 is 1.35. The van der Waals surface area contributed by atoms with Crippen LogP contribution in [-0.2, 0) is 14.4 Å². The number of nitrogens with zero attached hydrogens (tertiary/aromatic N) is 6. The van der Waals surface area contributed by atoms with Crippen LogP contribution in [0.1, 0.15) is 78.1 Å². The number of unbranched alkanes of at least 4 members (excludes halogenated alkanes) is 2. The molecule has 5 heterocycles. The lowest BCUT2D eigenvalue weighted by atomic mass is 10.0. The number of anilines is 1. The van der Waals surface area contributed by atoms with Gasteiger partial charge in [0.15, 0.2) is 5.65 Å². The smallest absolute Gasteiger partial charge is 0.265 e. The van der Waals surface area contributed by atoms with Crippen LogP contribution in [0.4, 0.5) is 10.2 Å². The van der Waals surface area contributed by atoms with Crippen LogP contribution in [0.15, 0.2) is 78.0 Å². The second-order valence-corrected chi connectivity index (χ2v) is 15.4. The standard InChI is InChI=1S/C41H39FN8O6S/c42-30-21-28(20-29-34(30)41(55)49(40(29)54)31-16-17-32(51)46-39(31)53)57-19-6-2-5-11-33(52)48-18-7-8-25(22-48)50-38-35(37(43)44-23-45-38)36(47-50)24-12-14-27(15-13-24)56-26-9-3-1-4-10-26/h1,3-4,9-10,12-15,20-21,23,25,31H,2,5-8,11,16-19,22H2,(H2,43,44,45)(H,46,51,53). The van der Waals surface area contributed by atoms with Gasteiger partial charge in [-0.25, -0.2) is 19.0 Å². The number of aromatic nitrogens is 4. The summed E-state index contributed by atoms with van der Waals surface area (Å²) in [4.78, 5) is 75.4. The molecule has 0 radical (unpaired) electrons. The van der Waals surface area contributed by atoms with E-state index in [0.29, 0.717) is 64.9 Å². The third kappa shape index (κ3) is 7.68. The Balaban J connectivity index is 0.846. The number of benzene rings is 3. The van der Waals surface area contributed by atoms with Gasteiger partial charge in [-0.3, -0.25) is 34.2 Å². The number of thioether (sulfide) groups is 1. The van der Waals surface area contributed by atoms with Crippen molar-refractivity contribution in [1.82, 2.24) is 34.9 Å². The third-order valence-electron chi connectivity index (χ3n) is 10.5. The molecule has 0 saturated carbocycles. The second kappa shape index (κ2) is 16.1. The molecule has 2 saturated heterocycles. The molecule has 2 atom stereocenters. The summed E-state index contributed by atoms with van der Waals surface area (Å²) in [7, 11) is 0. The molecule has 16 heteroatoms. The molecule has 0 aliphatic carbocycles. The largest absolute Gasteiger partial charge is 0.457 e. The Kier molecular flexibility index (Phi) is 10.7. The minimum Gasteiger partial charge on any atom is -0.457 e. The molecule has 0 spiro atoms. The number of halogens is 1. The maximum Gasteiger partial charge on any atom is 0.265 e. The van der Waals surface area contributed by atoms with E-state index in [1.165, 1.54) is 30.2 Å². The molecule has 2 unspecified atom stereocenters. The molecule has 2 fully saturated rings. The molecular weight excluding hydrogens is 752 g/mol. The van der Waals surface area contributed by atoms with Gasteiger partial charge < -0.3 is 15.4 Å². The first-order valence-electron chi connectivity index (χ1n) is 18.9. The number of amides is 5. The molecule has 292 valence electrons. The summed E-state index contributed by atoms with van der Waals surface area (Å²) in [5.74, 6) is -1.25. The first-order valence-corrected chi connectivity index (χ1v) is 19.9. The predicted molar refractivity (Wildman–Crippen MR) is 209 cm³/mol. The van der Waals surface area contributed by atoms with Crippen molar-refractivity contribution in [2.75, 3.05) is 24.6 Å². The summed E-state index contributed by atoms with van der Waals surface area (Å²) in [5, 5.41) is 7.80. The zero-order valence-corrected chi connectivity index (χ0v) is 31.7. The minimum atomic E-state index is -1.16. The highest BCUT2D eigenvalue weighted by molar-refractivity contribution is 7.99. The van der Waals surface area contributed by atoms with Crippen LogP contribution in [0.25, 0.3) is 22.3 Å². The van der Waals surface area contributed by atoms with Crippen molar-refractivity contribution in [2.45, 2.75) is 68.3 Å². The monoisotopic (exact) mass is 790 g/mol. The van der Waals surface area contributed by atoms with Gasteiger partial charge in [0, 0.05) is 36.4 Å². The molecule has 14 nitrogen and oxygen atoms in total. The zero-order chi connectivity index (χ0) is 39.6. The number of ether oxygens (including phenoxy) is 1. The topological polar surface area (TPSA) is 183 Å². The van der Waals surface area contributed by atoms with Crippen molar-refractivity contribution in [3.63, 3.8) is 0 Å². The Labute approximate surface area is 331 Å². The van der Waals surface area contributed by atoms with Crippen LogP contribution < -0.4 is 15.8 Å². The van der Waals surface area contributed by atoms with Crippen molar-refractivity contribution in [3.05, 3.63) is 90.0 Å². The first-order chi connectivity index (χ1) is 27.7. The van der Waals surface area contributed by atoms with Crippen molar-refractivity contribution < 1.29 is 33.1 Å². The van der Waals surface area contributed by atoms with E-state index < -0.39 is 35.5 Å². The summed E-state index contributed by atoms with van der Waals surface area (Å²) in [5.41, 5.74) is 8.05. The van der Waals surface area contributed by atoms with Gasteiger partial charge in [0.1, 0.15) is 41.2 Å². The van der Waals surface area contributed by atoms with E-state index in [0.717, 1.165) is 41.9 Å². The van der Waals surface area contributed by atoms with E-state index in [9.17, 15) is 24.0 Å². The average Bonchev–Trinajstić information content (AvgIpc) is 3.72. The highest BCUT2D eigenvalue weighted by atomic mass is 32.2. The number of rotatable bonds is 12. The fourth-order valence-electron chi connectivity index (χ4n) is 7.65. The Morgan fingerprint density at radius 2 is 1.74 bits per heavy atom. The van der Waals surface area contributed by atoms with Crippen molar-refractivity contribution in [1.29, 1.82) is 0 Å². The van der Waals surface area contributed by atoms with E-state index in [1.54, 1.807) is 0 Å². The number of fused-ring (bicyclic) bond motifs is 2. The highest BCUT2D eigenvalue weighted by Gasteiger charge is 2.46. The minimum absolute atomic E-state index is 0.00385. The predicted octanol–water partition coefficient (Wildman–Crippen LogP) is 5.92. The fraction of sp³-hybridized carbons (Fsp3) is 0.317. The maximum absolute atomic E-state index is 15.1. The van der Waals surface area contributed by atoms with Crippen LogP contribution in [0.3, 0.4) is 0 Å². The summed E-state index contributed by atoms with van der Waals surface area (Å²) in [6, 6.07) is 18.6. The number of imide groups is 2. The SMILES string of the molecule is Nc1ncnc2c1c(-c1ccc(Oc3ccccc3)cc1)nn2C1CCCN(C(=O)CCCCCSc2cc(F)c3c(c2)C(=O)N(C2CCC(=O)NC2=O)C3=O)C1. The fourth-order valence-corrected chi connectivity index (χ4v) is 8.62. The number of carbonyl (C=O) groups excluding carboxylic acids is 5. The molecule has 57 heavy (non-hydrogen) atoms. The number of piperidine rings is 2. The van der Waals surface area contributed by atoms with Gasteiger partial charge in [0.2, 0.25) is 17.7 Å². The summed E-state index contributed by atoms with van der Waals surface area (Å²) < 4.78 is 23.0. The summed E-state index contributed by atoms with van der Waals surface area (Å²) in [6.45, 7) is 1.15. The van der Waals surface area contributed by atoms with E-state index in [2.05, 4.69) is 15.3 Å². The molecule has 3 aliphatic heterocycles. The Morgan fingerprint density at radius 3 is 2.53 bits per heavy atom. The number of hydrogen-bond donors (Lipinski definition) is 2. The van der Waals surface area contributed by atoms with Gasteiger partial charge in [-0.1, -0.05) is 24.6 Å². The Hall–Kier alpha value is -6.16. The molecule has 3 N–H and O–H groups in total. The van der Waals surface area contributed by atoms with Gasteiger partial charge in [0.25, 0.3) is 11.8 Å². The summed E-state index contributed by atoms with van der Waals surface area (Å²) in [6.07, 6.45) is 5.62. The molecule has 5 aromatic rings. The number of hydrogen-bond acceptors (Lipinski definition) is 11. The Bertz CT molecular complexity index is 2390. The van der Waals surface area contributed by atoms with Crippen molar-refractivity contribution in [3.8, 4) is 22.8 Å². The lowest BCUT2D eigenvalue weighted by Gasteiger charge is -2.33. The van der Waals surface area contributed by atoms with Crippen LogP contribution >= 0.6 is 11.8 Å². The molecule has 8 rings (SSSR count). The zero-order valence-electron chi connectivity index (χ0n) is 30.9. The second-order valence-electron chi connectivity index (χ2n) is 14.3.